The molecule has 0 radical (unpaired) electrons. The summed E-state index contributed by atoms with van der Waals surface area (Å²) in [4.78, 5) is 75.5. The summed E-state index contributed by atoms with van der Waals surface area (Å²) in [6.45, 7) is 11.3. The molecule has 1 spiro atoms. The van der Waals surface area contributed by atoms with Gasteiger partial charge in [0.05, 0.1) is 23.9 Å². The van der Waals surface area contributed by atoms with E-state index in [1.165, 1.54) is 12.1 Å². The third-order valence-electron chi connectivity index (χ3n) is 9.45. The first-order chi connectivity index (χ1) is 25.6. The summed E-state index contributed by atoms with van der Waals surface area (Å²) in [5, 5.41) is 30.3. The number of hydrogen-bond donors (Lipinski definition) is 3. The number of piperidine rings is 1. The van der Waals surface area contributed by atoms with Crippen molar-refractivity contribution in [2.75, 3.05) is 13.6 Å². The highest BCUT2D eigenvalue weighted by Crippen LogP contribution is 2.65. The molecule has 0 saturated carbocycles. The maximum Gasteiger partial charge on any atom is 0.490 e. The number of benzene rings is 1. The molecule has 6 atom stereocenters. The van der Waals surface area contributed by atoms with Gasteiger partial charge in [0.1, 0.15) is 17.0 Å². The van der Waals surface area contributed by atoms with Crippen molar-refractivity contribution < 1.29 is 85.7 Å². The standard InChI is InChI=1S/C35H45NO13.C2HF3O2/c1-18(37)44-22(16-25(39)48-32(2,3)4)30(41)46-23(17-26(40)49-33(5,6)7)31(42)45-21-11-12-35(43)24-15-19-9-10-20(38)28-27(19)34(35,29(21)47-28)13-14-36(24)8;3-2(4,5)1(6)7/h9-11,22-24,29,38,43H,12-17H2,1-8H3;(H,6,7)/t22-,23-,24+,29-,34-,35+;/m0./s1. The van der Waals surface area contributed by atoms with Crippen LogP contribution in [0.3, 0.4) is 0 Å². The van der Waals surface area contributed by atoms with Gasteiger partial charge < -0.3 is 48.6 Å². The number of carbonyl (C=O) groups excluding carboxylic acids is 5. The van der Waals surface area contributed by atoms with Crippen LogP contribution in [0, 0.1) is 0 Å². The minimum Gasteiger partial charge on any atom is -0.504 e. The predicted octanol–water partition coefficient (Wildman–Crippen LogP) is 3.15. The van der Waals surface area contributed by atoms with E-state index in [-0.39, 0.29) is 29.7 Å². The fourth-order valence-corrected chi connectivity index (χ4v) is 7.45. The van der Waals surface area contributed by atoms with Gasteiger partial charge >= 0.3 is 42.0 Å². The number of likely N-dealkylation sites (N-methyl/N-ethyl adjacent to an activating group) is 1. The SMILES string of the molecule is CC(=O)O[C@@H](CC(=O)OC(C)(C)C)C(=O)O[C@@H](CC(=O)OC(C)(C)C)C(=O)OC1=CC[C@@]2(O)[C@H]3Cc4ccc(O)c5c4[C@@]2(CCN3C)[C@H]1O5.O=C(O)C(F)(F)F. The Labute approximate surface area is 319 Å². The highest BCUT2D eigenvalue weighted by atomic mass is 19.4. The first-order valence-electron chi connectivity index (χ1n) is 17.6. The second-order valence-electron chi connectivity index (χ2n) is 15.9. The van der Waals surface area contributed by atoms with E-state index in [9.17, 15) is 47.4 Å². The van der Waals surface area contributed by atoms with Crippen LogP contribution in [0.4, 0.5) is 13.2 Å². The maximum absolute atomic E-state index is 13.9. The van der Waals surface area contributed by atoms with Crippen LogP contribution in [-0.2, 0) is 64.3 Å². The Morgan fingerprint density at radius 1 is 0.929 bits per heavy atom. The molecule has 2 aliphatic heterocycles. The second-order valence-corrected chi connectivity index (χ2v) is 15.9. The van der Waals surface area contributed by atoms with E-state index in [1.807, 2.05) is 13.1 Å². The third-order valence-corrected chi connectivity index (χ3v) is 9.45. The molecule has 3 N–H and O–H groups in total. The van der Waals surface area contributed by atoms with Crippen LogP contribution in [0.5, 0.6) is 11.5 Å². The summed E-state index contributed by atoms with van der Waals surface area (Å²) in [6.07, 6.45) is -8.73. The first-order valence-corrected chi connectivity index (χ1v) is 17.6. The van der Waals surface area contributed by atoms with E-state index in [0.29, 0.717) is 24.9 Å². The third kappa shape index (κ3) is 9.20. The van der Waals surface area contributed by atoms with Crippen molar-refractivity contribution in [2.45, 2.75) is 133 Å². The molecule has 4 aliphatic rings. The summed E-state index contributed by atoms with van der Waals surface area (Å²) in [6, 6.07) is 3.06. The van der Waals surface area contributed by atoms with Crippen LogP contribution < -0.4 is 4.74 Å². The number of halogens is 3. The molecule has 1 saturated heterocycles. The van der Waals surface area contributed by atoms with Crippen LogP contribution in [0.15, 0.2) is 24.0 Å². The molecule has 2 aliphatic carbocycles. The number of phenols is 1. The number of esters is 5. The Kier molecular flexibility index (Phi) is 12.2. The normalized spacial score (nSPS) is 24.7. The van der Waals surface area contributed by atoms with E-state index in [1.54, 1.807) is 41.5 Å². The van der Waals surface area contributed by atoms with Crippen molar-refractivity contribution in [2.24, 2.45) is 0 Å². The number of aromatic hydroxyl groups is 1. The second kappa shape index (κ2) is 15.6. The van der Waals surface area contributed by atoms with Gasteiger partial charge in [0.25, 0.3) is 0 Å². The summed E-state index contributed by atoms with van der Waals surface area (Å²) in [5.74, 6) is -7.79. The summed E-state index contributed by atoms with van der Waals surface area (Å²) in [7, 11) is 1.94. The van der Waals surface area contributed by atoms with Crippen LogP contribution in [0.25, 0.3) is 0 Å². The Balaban J connectivity index is 0.000000908. The highest BCUT2D eigenvalue weighted by Gasteiger charge is 2.72. The minimum atomic E-state index is -5.08. The average molecular weight is 802 g/mol. The number of rotatable bonds is 9. The molecule has 5 rings (SSSR count). The van der Waals surface area contributed by atoms with Crippen molar-refractivity contribution in [3.63, 3.8) is 0 Å². The Morgan fingerprint density at radius 3 is 1.96 bits per heavy atom. The fourth-order valence-electron chi connectivity index (χ4n) is 7.45. The van der Waals surface area contributed by atoms with Gasteiger partial charge in [-0.25, -0.2) is 14.4 Å². The largest absolute Gasteiger partial charge is 0.504 e. The van der Waals surface area contributed by atoms with E-state index < -0.39 is 95.4 Å². The molecule has 310 valence electrons. The number of carboxylic acids is 1. The maximum atomic E-state index is 13.9. The fraction of sp³-hybridized carbons (Fsp3) is 0.622. The van der Waals surface area contributed by atoms with Crippen LogP contribution in [-0.4, -0.2) is 117 Å². The van der Waals surface area contributed by atoms with Crippen molar-refractivity contribution in [3.8, 4) is 11.5 Å². The van der Waals surface area contributed by atoms with Gasteiger partial charge in [-0.3, -0.25) is 14.4 Å². The number of likely N-dealkylation sites (tertiary alicyclic amines) is 1. The lowest BCUT2D eigenvalue weighted by atomic mass is 9.50. The molecule has 0 unspecified atom stereocenters. The number of carboxylic acid groups (broad SMARTS) is 1. The number of nitrogens with zero attached hydrogens (tertiary/aromatic N) is 1. The smallest absolute Gasteiger partial charge is 0.490 e. The lowest BCUT2D eigenvalue weighted by Gasteiger charge is -2.61. The quantitative estimate of drug-likeness (QED) is 0.241. The number of aliphatic carboxylic acids is 1. The van der Waals surface area contributed by atoms with Crippen molar-refractivity contribution in [1.29, 1.82) is 0 Å². The minimum absolute atomic E-state index is 0.0111. The molecule has 2 bridgehead atoms. The molecule has 2 heterocycles. The van der Waals surface area contributed by atoms with E-state index in [2.05, 4.69) is 4.90 Å². The molecule has 0 aromatic heterocycles. The van der Waals surface area contributed by atoms with Crippen LogP contribution in [0.1, 0.15) is 85.3 Å². The van der Waals surface area contributed by atoms with E-state index >= 15 is 0 Å². The van der Waals surface area contributed by atoms with Crippen molar-refractivity contribution >= 4 is 35.8 Å². The monoisotopic (exact) mass is 801 g/mol. The first kappa shape index (κ1) is 43.8. The number of carbonyl (C=O) groups is 6. The zero-order chi connectivity index (χ0) is 42.3. The molecule has 19 heteroatoms. The highest BCUT2D eigenvalue weighted by molar-refractivity contribution is 5.89. The summed E-state index contributed by atoms with van der Waals surface area (Å²) < 4.78 is 65.0. The van der Waals surface area contributed by atoms with Gasteiger partial charge in [-0.1, -0.05) is 6.07 Å². The van der Waals surface area contributed by atoms with E-state index in [0.717, 1.165) is 12.5 Å². The zero-order valence-electron chi connectivity index (χ0n) is 32.1. The zero-order valence-corrected chi connectivity index (χ0v) is 32.1. The Morgan fingerprint density at radius 2 is 1.46 bits per heavy atom. The lowest BCUT2D eigenvalue weighted by molar-refractivity contribution is -0.192. The average Bonchev–Trinajstić information content (AvgIpc) is 3.39. The number of aliphatic hydroxyl groups is 1. The molecule has 1 fully saturated rings. The Hall–Kier alpha value is -4.91. The molecule has 16 nitrogen and oxygen atoms in total. The van der Waals surface area contributed by atoms with Crippen LogP contribution in [0.2, 0.25) is 0 Å². The summed E-state index contributed by atoms with van der Waals surface area (Å²) >= 11 is 0. The van der Waals surface area contributed by atoms with Gasteiger partial charge in [-0.15, -0.1) is 0 Å². The molecule has 56 heavy (non-hydrogen) atoms. The number of phenolic OH excluding ortho intramolecular Hbond substituents is 1. The number of alkyl halides is 3. The molecule has 1 aromatic rings. The van der Waals surface area contributed by atoms with Crippen LogP contribution >= 0.6 is 0 Å². The van der Waals surface area contributed by atoms with Gasteiger partial charge in [0.2, 0.25) is 12.2 Å². The Bertz CT molecular complexity index is 1800. The van der Waals surface area contributed by atoms with Crippen molar-refractivity contribution in [1.82, 2.24) is 4.90 Å². The lowest BCUT2D eigenvalue weighted by Crippen LogP contribution is -2.74. The number of hydrogen-bond acceptors (Lipinski definition) is 15. The van der Waals surface area contributed by atoms with E-state index in [4.69, 9.17) is 38.3 Å². The van der Waals surface area contributed by atoms with Crippen molar-refractivity contribution in [3.05, 3.63) is 35.1 Å². The van der Waals surface area contributed by atoms with Gasteiger partial charge in [0.15, 0.2) is 17.6 Å². The topological polar surface area (TPSA) is 222 Å². The molecule has 1 aromatic carbocycles. The summed E-state index contributed by atoms with van der Waals surface area (Å²) in [5.41, 5.74) is -2.67. The van der Waals surface area contributed by atoms with Gasteiger partial charge in [-0.2, -0.15) is 13.2 Å². The van der Waals surface area contributed by atoms with Gasteiger partial charge in [-0.05, 0) is 85.7 Å². The molecular formula is C37H46F3NO15. The number of ether oxygens (including phenoxy) is 6. The predicted molar refractivity (Wildman–Crippen MR) is 183 cm³/mol. The van der Waals surface area contributed by atoms with Gasteiger partial charge in [0, 0.05) is 24.9 Å². The molecular weight excluding hydrogens is 755 g/mol. The molecule has 0 amide bonds.